The molecule has 0 bridgehead atoms. The Morgan fingerprint density at radius 3 is 2.83 bits per heavy atom. The SMILES string of the molecule is O=C(NCCCn1ccc2ccccc21)C1=NN([C@@H]2CCS(=O)(=O)C2)C(=O)CC1. The molecule has 2 aliphatic heterocycles. The van der Waals surface area contributed by atoms with Gasteiger partial charge in [0.2, 0.25) is 5.91 Å². The number of carbonyl (C=O) groups excluding carboxylic acids is 2. The number of aryl methyl sites for hydroxylation is 1. The zero-order chi connectivity index (χ0) is 20.4. The van der Waals surface area contributed by atoms with Crippen LogP contribution in [0.1, 0.15) is 25.7 Å². The molecule has 9 heteroatoms. The van der Waals surface area contributed by atoms with Crippen molar-refractivity contribution in [3.05, 3.63) is 36.5 Å². The van der Waals surface area contributed by atoms with Gasteiger partial charge in [-0.1, -0.05) is 18.2 Å². The first-order valence-corrected chi connectivity index (χ1v) is 11.7. The van der Waals surface area contributed by atoms with Gasteiger partial charge < -0.3 is 9.88 Å². The van der Waals surface area contributed by atoms with E-state index in [1.807, 2.05) is 18.3 Å². The largest absolute Gasteiger partial charge is 0.351 e. The summed E-state index contributed by atoms with van der Waals surface area (Å²) in [5.41, 5.74) is 1.46. The van der Waals surface area contributed by atoms with Crippen molar-refractivity contribution in [3.8, 4) is 0 Å². The van der Waals surface area contributed by atoms with Gasteiger partial charge in [-0.25, -0.2) is 13.4 Å². The molecule has 0 radical (unpaired) electrons. The van der Waals surface area contributed by atoms with Crippen LogP contribution in [0.2, 0.25) is 0 Å². The number of rotatable bonds is 6. The second-order valence-corrected chi connectivity index (χ2v) is 9.75. The maximum atomic E-state index is 12.5. The Morgan fingerprint density at radius 2 is 2.03 bits per heavy atom. The lowest BCUT2D eigenvalue weighted by Crippen LogP contribution is -2.44. The average molecular weight is 417 g/mol. The molecular formula is C20H24N4O4S. The normalized spacial score (nSPS) is 21.4. The summed E-state index contributed by atoms with van der Waals surface area (Å²) in [5.74, 6) is -0.530. The van der Waals surface area contributed by atoms with Crippen LogP contribution in [0.15, 0.2) is 41.6 Å². The van der Waals surface area contributed by atoms with Crippen molar-refractivity contribution < 1.29 is 18.0 Å². The number of carbonyl (C=O) groups is 2. The number of aromatic nitrogens is 1. The highest BCUT2D eigenvalue weighted by atomic mass is 32.2. The minimum absolute atomic E-state index is 0.0621. The minimum Gasteiger partial charge on any atom is -0.351 e. The van der Waals surface area contributed by atoms with Gasteiger partial charge in [0, 0.05) is 37.6 Å². The summed E-state index contributed by atoms with van der Waals surface area (Å²) in [5, 5.41) is 9.47. The lowest BCUT2D eigenvalue weighted by atomic mass is 10.1. The molecule has 1 atom stereocenters. The van der Waals surface area contributed by atoms with E-state index in [1.165, 1.54) is 10.4 Å². The summed E-state index contributed by atoms with van der Waals surface area (Å²) in [7, 11) is -3.13. The number of hydrogen-bond acceptors (Lipinski definition) is 5. The van der Waals surface area contributed by atoms with E-state index in [0.717, 1.165) is 18.5 Å². The van der Waals surface area contributed by atoms with Crippen LogP contribution in [0.5, 0.6) is 0 Å². The van der Waals surface area contributed by atoms with Crippen LogP contribution in [-0.4, -0.2) is 59.6 Å². The van der Waals surface area contributed by atoms with E-state index in [-0.39, 0.29) is 36.2 Å². The molecule has 0 spiro atoms. The zero-order valence-corrected chi connectivity index (χ0v) is 16.9. The van der Waals surface area contributed by atoms with Crippen LogP contribution in [0.3, 0.4) is 0 Å². The maximum absolute atomic E-state index is 12.5. The van der Waals surface area contributed by atoms with Crippen LogP contribution in [0.4, 0.5) is 0 Å². The summed E-state index contributed by atoms with van der Waals surface area (Å²) >= 11 is 0. The third-order valence-electron chi connectivity index (χ3n) is 5.42. The molecular weight excluding hydrogens is 392 g/mol. The van der Waals surface area contributed by atoms with Crippen molar-refractivity contribution in [2.75, 3.05) is 18.1 Å². The van der Waals surface area contributed by atoms with Crippen LogP contribution in [-0.2, 0) is 26.0 Å². The Labute approximate surface area is 169 Å². The second kappa shape index (κ2) is 7.98. The van der Waals surface area contributed by atoms with Crippen LogP contribution >= 0.6 is 0 Å². The molecule has 2 aromatic rings. The van der Waals surface area contributed by atoms with Gasteiger partial charge in [-0.15, -0.1) is 0 Å². The van der Waals surface area contributed by atoms with Gasteiger partial charge in [0.1, 0.15) is 5.71 Å². The quantitative estimate of drug-likeness (QED) is 0.718. The molecule has 154 valence electrons. The number of nitrogens with one attached hydrogen (secondary N) is 1. The van der Waals surface area contributed by atoms with Gasteiger partial charge >= 0.3 is 0 Å². The summed E-state index contributed by atoms with van der Waals surface area (Å²) < 4.78 is 25.5. The molecule has 0 saturated carbocycles. The summed E-state index contributed by atoms with van der Waals surface area (Å²) in [6, 6.07) is 9.76. The molecule has 2 aliphatic rings. The number of fused-ring (bicyclic) bond motifs is 1. The Hall–Kier alpha value is -2.68. The molecule has 2 amide bonds. The number of para-hydroxylation sites is 1. The molecule has 1 N–H and O–H groups in total. The Balaban J connectivity index is 1.32. The summed E-state index contributed by atoms with van der Waals surface area (Å²) in [6.07, 6.45) is 3.64. The lowest BCUT2D eigenvalue weighted by Gasteiger charge is -2.27. The topological polar surface area (TPSA) is 101 Å². The highest BCUT2D eigenvalue weighted by Gasteiger charge is 2.37. The van der Waals surface area contributed by atoms with Gasteiger partial charge in [0.25, 0.3) is 5.91 Å². The molecule has 0 unspecified atom stereocenters. The minimum atomic E-state index is -3.13. The van der Waals surface area contributed by atoms with Gasteiger partial charge in [0.05, 0.1) is 17.5 Å². The Bertz CT molecular complexity index is 1070. The molecule has 29 heavy (non-hydrogen) atoms. The standard InChI is InChI=1S/C20H24N4O4S/c25-19-7-6-17(22-24(19)16-9-13-29(27,28)14-16)20(26)21-10-3-11-23-12-8-15-4-1-2-5-18(15)23/h1-2,4-5,8,12,16H,3,6-7,9-11,13-14H2,(H,21,26)/t16-/m1/s1. The number of benzene rings is 1. The van der Waals surface area contributed by atoms with Crippen LogP contribution in [0, 0.1) is 0 Å². The number of hydrogen-bond donors (Lipinski definition) is 1. The fraction of sp³-hybridized carbons (Fsp3) is 0.450. The van der Waals surface area contributed by atoms with Crippen molar-refractivity contribution in [1.29, 1.82) is 0 Å². The summed E-state index contributed by atoms with van der Waals surface area (Å²) in [4.78, 5) is 24.6. The molecule has 3 heterocycles. The average Bonchev–Trinajstić information content (AvgIpc) is 3.28. The summed E-state index contributed by atoms with van der Waals surface area (Å²) in [6.45, 7) is 1.28. The van der Waals surface area contributed by atoms with E-state index < -0.39 is 15.9 Å². The van der Waals surface area contributed by atoms with Gasteiger partial charge in [0.15, 0.2) is 9.84 Å². The first-order chi connectivity index (χ1) is 13.9. The van der Waals surface area contributed by atoms with E-state index in [4.69, 9.17) is 0 Å². The predicted molar refractivity (Wildman–Crippen MR) is 110 cm³/mol. The van der Waals surface area contributed by atoms with E-state index in [1.54, 1.807) is 0 Å². The van der Waals surface area contributed by atoms with E-state index in [2.05, 4.69) is 33.2 Å². The van der Waals surface area contributed by atoms with Crippen molar-refractivity contribution in [1.82, 2.24) is 14.9 Å². The van der Waals surface area contributed by atoms with E-state index >= 15 is 0 Å². The van der Waals surface area contributed by atoms with Crippen molar-refractivity contribution >= 4 is 38.3 Å². The zero-order valence-electron chi connectivity index (χ0n) is 16.1. The van der Waals surface area contributed by atoms with Crippen molar-refractivity contribution in [3.63, 3.8) is 0 Å². The first kappa shape index (κ1) is 19.6. The molecule has 4 rings (SSSR count). The maximum Gasteiger partial charge on any atom is 0.267 e. The highest BCUT2D eigenvalue weighted by Crippen LogP contribution is 2.22. The lowest BCUT2D eigenvalue weighted by molar-refractivity contribution is -0.133. The molecule has 1 fully saturated rings. The number of amides is 2. The van der Waals surface area contributed by atoms with Crippen LogP contribution in [0.25, 0.3) is 10.9 Å². The second-order valence-electron chi connectivity index (χ2n) is 7.52. The van der Waals surface area contributed by atoms with Crippen molar-refractivity contribution in [2.24, 2.45) is 5.10 Å². The molecule has 1 aromatic carbocycles. The Morgan fingerprint density at radius 1 is 1.21 bits per heavy atom. The van der Waals surface area contributed by atoms with Gasteiger partial charge in [-0.2, -0.15) is 5.10 Å². The predicted octanol–water partition coefficient (Wildman–Crippen LogP) is 1.31. The monoisotopic (exact) mass is 416 g/mol. The Kier molecular flexibility index (Phi) is 5.40. The molecule has 1 aromatic heterocycles. The van der Waals surface area contributed by atoms with Crippen molar-refractivity contribution in [2.45, 2.75) is 38.3 Å². The molecule has 1 saturated heterocycles. The van der Waals surface area contributed by atoms with Gasteiger partial charge in [-0.3, -0.25) is 9.59 Å². The number of nitrogens with zero attached hydrogens (tertiary/aromatic N) is 3. The van der Waals surface area contributed by atoms with E-state index in [0.29, 0.717) is 18.7 Å². The number of sulfone groups is 1. The smallest absolute Gasteiger partial charge is 0.267 e. The fourth-order valence-corrected chi connectivity index (χ4v) is 5.57. The number of hydrazone groups is 1. The van der Waals surface area contributed by atoms with E-state index in [9.17, 15) is 18.0 Å². The van der Waals surface area contributed by atoms with Gasteiger partial charge in [-0.05, 0) is 30.4 Å². The first-order valence-electron chi connectivity index (χ1n) is 9.85. The van der Waals surface area contributed by atoms with Crippen LogP contribution < -0.4 is 5.32 Å². The highest BCUT2D eigenvalue weighted by molar-refractivity contribution is 7.91. The molecule has 0 aliphatic carbocycles. The molecule has 8 nitrogen and oxygen atoms in total. The fourth-order valence-electron chi connectivity index (χ4n) is 3.88. The third kappa shape index (κ3) is 4.34. The third-order valence-corrected chi connectivity index (χ3v) is 7.17.